The Morgan fingerprint density at radius 3 is 2.21 bits per heavy atom. The number of ketones is 1. The lowest BCUT2D eigenvalue weighted by molar-refractivity contribution is -0.343. The second-order valence-corrected chi connectivity index (χ2v) is 18.6. The van der Waals surface area contributed by atoms with Gasteiger partial charge < -0.3 is 52.8 Å². The summed E-state index contributed by atoms with van der Waals surface area (Å²) in [5.74, 6) is -1.51. The monoisotopic (exact) mass is 814 g/mol. The highest BCUT2D eigenvalue weighted by molar-refractivity contribution is 5.89. The summed E-state index contributed by atoms with van der Waals surface area (Å²) in [6, 6.07) is 8.86. The molecule has 1 aromatic carbocycles. The fourth-order valence-corrected chi connectivity index (χ4v) is 13.1. The summed E-state index contributed by atoms with van der Waals surface area (Å²) in [5.41, 5.74) is -2.18. The third-order valence-corrected chi connectivity index (χ3v) is 15.8. The van der Waals surface area contributed by atoms with Crippen molar-refractivity contribution >= 4 is 17.7 Å². The average Bonchev–Trinajstić information content (AvgIpc) is 3.74. The third-order valence-electron chi connectivity index (χ3n) is 15.8. The van der Waals surface area contributed by atoms with Crippen molar-refractivity contribution in [2.45, 2.75) is 178 Å². The van der Waals surface area contributed by atoms with Crippen molar-refractivity contribution in [3.05, 3.63) is 35.9 Å². The molecule has 0 bridgehead atoms. The Kier molecular flexibility index (Phi) is 11.2. The van der Waals surface area contributed by atoms with Crippen LogP contribution in [0.2, 0.25) is 0 Å². The van der Waals surface area contributed by atoms with E-state index in [1.807, 2.05) is 19.9 Å². The fourth-order valence-electron chi connectivity index (χ4n) is 13.1. The summed E-state index contributed by atoms with van der Waals surface area (Å²) in [5, 5.41) is 21.4. The number of ether oxygens (including phenoxy) is 9. The molecule has 19 atom stereocenters. The van der Waals surface area contributed by atoms with E-state index in [1.165, 1.54) is 14.0 Å². The topological polar surface area (TPSA) is 178 Å². The maximum absolute atomic E-state index is 14.0. The number of Topliss-reactive ketones (excluding diaryl/α,β-unsaturated/α-hetero) is 1. The van der Waals surface area contributed by atoms with Crippen LogP contribution >= 0.6 is 0 Å². The van der Waals surface area contributed by atoms with E-state index in [0.29, 0.717) is 31.2 Å². The molecule has 0 unspecified atom stereocenters. The van der Waals surface area contributed by atoms with Gasteiger partial charge in [0.1, 0.15) is 53.6 Å². The van der Waals surface area contributed by atoms with Crippen molar-refractivity contribution in [1.82, 2.24) is 0 Å². The molecule has 4 aliphatic carbocycles. The molecule has 322 valence electrons. The van der Waals surface area contributed by atoms with Crippen LogP contribution in [0.4, 0.5) is 0 Å². The van der Waals surface area contributed by atoms with Gasteiger partial charge in [-0.25, -0.2) is 4.79 Å². The largest absolute Gasteiger partial charge is 0.458 e. The highest BCUT2D eigenvalue weighted by Crippen LogP contribution is 2.81. The molecule has 3 saturated heterocycles. The van der Waals surface area contributed by atoms with Crippen LogP contribution in [-0.4, -0.2) is 127 Å². The summed E-state index contributed by atoms with van der Waals surface area (Å²) in [6.45, 7) is 10.9. The Bertz CT molecular complexity index is 1710. The molecule has 14 nitrogen and oxygen atoms in total. The van der Waals surface area contributed by atoms with Crippen molar-refractivity contribution < 1.29 is 67.2 Å². The number of rotatable bonds is 10. The highest BCUT2D eigenvalue weighted by Gasteiger charge is 2.91. The zero-order valence-electron chi connectivity index (χ0n) is 35.0. The van der Waals surface area contributed by atoms with E-state index in [-0.39, 0.29) is 29.1 Å². The lowest BCUT2D eigenvalue weighted by Gasteiger charge is -2.61. The molecule has 2 spiro atoms. The van der Waals surface area contributed by atoms with Crippen molar-refractivity contribution in [2.24, 2.45) is 28.6 Å². The number of epoxide rings is 1. The van der Waals surface area contributed by atoms with Crippen molar-refractivity contribution in [3.63, 3.8) is 0 Å². The van der Waals surface area contributed by atoms with Gasteiger partial charge in [-0.1, -0.05) is 32.0 Å². The SMILES string of the molecule is CO[C@H]1[C@@H](O)[C@@H](O[C@@H]2[C@@H](C)O[C@@H](O[C@H]3CC[C@@]4(C)[C@@H](CC[C@@]56O[C@@]57CC[C@H](C(C)=O)[C@@]7(C)[C@H](OC(C)=O)[C@@H](OC(=O)c5ccccc5)[C@H]46)C3)C[C@H]2OC)O[C@H](C)[C@H]1O. The number of aliphatic hydroxyl groups excluding tert-OH is 2. The molecule has 0 radical (unpaired) electrons. The molecule has 3 aliphatic heterocycles. The van der Waals surface area contributed by atoms with Gasteiger partial charge >= 0.3 is 11.9 Å². The number of fused-ring (bicyclic) bond motifs is 2. The molecule has 7 aliphatic rings. The maximum Gasteiger partial charge on any atom is 0.338 e. The van der Waals surface area contributed by atoms with Crippen molar-refractivity contribution in [3.8, 4) is 0 Å². The van der Waals surface area contributed by atoms with Crippen LogP contribution in [0.25, 0.3) is 0 Å². The van der Waals surface area contributed by atoms with E-state index in [2.05, 4.69) is 6.92 Å². The molecule has 0 aromatic heterocycles. The zero-order valence-corrected chi connectivity index (χ0v) is 35.0. The summed E-state index contributed by atoms with van der Waals surface area (Å²) >= 11 is 0. The van der Waals surface area contributed by atoms with Crippen LogP contribution in [0.3, 0.4) is 0 Å². The fraction of sp³-hybridized carbons (Fsp3) is 0.795. The Balaban J connectivity index is 1.02. The molecular weight excluding hydrogens is 752 g/mol. The van der Waals surface area contributed by atoms with E-state index in [1.54, 1.807) is 45.2 Å². The molecule has 3 heterocycles. The first-order chi connectivity index (χ1) is 27.5. The minimum Gasteiger partial charge on any atom is -0.458 e. The van der Waals surface area contributed by atoms with Gasteiger partial charge in [0.25, 0.3) is 0 Å². The molecule has 2 N–H and O–H groups in total. The van der Waals surface area contributed by atoms with Gasteiger partial charge in [0, 0.05) is 44.8 Å². The minimum absolute atomic E-state index is 0.0215. The Morgan fingerprint density at radius 1 is 0.793 bits per heavy atom. The Morgan fingerprint density at radius 2 is 1.53 bits per heavy atom. The molecule has 58 heavy (non-hydrogen) atoms. The summed E-state index contributed by atoms with van der Waals surface area (Å²) in [4.78, 5) is 40.3. The smallest absolute Gasteiger partial charge is 0.338 e. The van der Waals surface area contributed by atoms with Crippen molar-refractivity contribution in [2.75, 3.05) is 14.2 Å². The molecule has 1 aromatic rings. The van der Waals surface area contributed by atoms with Gasteiger partial charge in [-0.15, -0.1) is 0 Å². The lowest BCUT2D eigenvalue weighted by Crippen LogP contribution is -2.70. The van der Waals surface area contributed by atoms with Gasteiger partial charge in [0.05, 0.1) is 30.0 Å². The van der Waals surface area contributed by atoms with Crippen molar-refractivity contribution in [1.29, 1.82) is 0 Å². The number of esters is 2. The van der Waals surface area contributed by atoms with Gasteiger partial charge in [-0.3, -0.25) is 9.59 Å². The highest BCUT2D eigenvalue weighted by atomic mass is 16.7. The number of carbonyl (C=O) groups excluding carboxylic acids is 3. The maximum atomic E-state index is 14.0. The van der Waals surface area contributed by atoms with Gasteiger partial charge in [-0.05, 0) is 89.2 Å². The second kappa shape index (κ2) is 15.4. The van der Waals surface area contributed by atoms with Crippen LogP contribution in [0, 0.1) is 28.6 Å². The van der Waals surface area contributed by atoms with Crippen LogP contribution < -0.4 is 0 Å². The number of aliphatic hydroxyl groups is 2. The molecule has 14 heteroatoms. The third kappa shape index (κ3) is 6.42. The zero-order chi connectivity index (χ0) is 41.5. The van der Waals surface area contributed by atoms with Crippen LogP contribution in [0.5, 0.6) is 0 Å². The van der Waals surface area contributed by atoms with E-state index in [0.717, 1.165) is 25.7 Å². The first-order valence-electron chi connectivity index (χ1n) is 21.2. The van der Waals surface area contributed by atoms with Crippen LogP contribution in [0.15, 0.2) is 30.3 Å². The summed E-state index contributed by atoms with van der Waals surface area (Å²) in [7, 11) is 3.04. The number of carbonyl (C=O) groups is 3. The van der Waals surface area contributed by atoms with E-state index in [9.17, 15) is 24.6 Å². The number of methoxy groups -OCH3 is 2. The Labute approximate surface area is 340 Å². The van der Waals surface area contributed by atoms with Gasteiger partial charge in [-0.2, -0.15) is 0 Å². The van der Waals surface area contributed by atoms with E-state index < -0.39 is 102 Å². The van der Waals surface area contributed by atoms with Crippen LogP contribution in [-0.2, 0) is 52.2 Å². The number of hydrogen-bond donors (Lipinski definition) is 2. The predicted molar refractivity (Wildman–Crippen MR) is 204 cm³/mol. The molecule has 0 amide bonds. The van der Waals surface area contributed by atoms with E-state index >= 15 is 0 Å². The van der Waals surface area contributed by atoms with E-state index in [4.69, 9.17) is 42.6 Å². The average molecular weight is 815 g/mol. The predicted octanol–water partition coefficient (Wildman–Crippen LogP) is 4.29. The molecule has 7 fully saturated rings. The summed E-state index contributed by atoms with van der Waals surface area (Å²) in [6.07, 6.45) is -3.22. The second-order valence-electron chi connectivity index (χ2n) is 18.6. The van der Waals surface area contributed by atoms with Gasteiger partial charge in [0.15, 0.2) is 12.6 Å². The normalized spacial score (nSPS) is 49.4. The molecule has 4 saturated carbocycles. The lowest BCUT2D eigenvalue weighted by atomic mass is 9.43. The first kappa shape index (κ1) is 42.2. The molecule has 8 rings (SSSR count). The number of hydrogen-bond acceptors (Lipinski definition) is 14. The first-order valence-corrected chi connectivity index (χ1v) is 21.2. The molecular formula is C44H62O14. The van der Waals surface area contributed by atoms with Gasteiger partial charge in [0.2, 0.25) is 0 Å². The summed E-state index contributed by atoms with van der Waals surface area (Å²) < 4.78 is 56.6. The number of benzene rings is 1. The quantitative estimate of drug-likeness (QED) is 0.194. The Hall–Kier alpha value is -2.53. The van der Waals surface area contributed by atoms with Crippen LogP contribution in [0.1, 0.15) is 103 Å². The minimum atomic E-state index is -1.22. The standard InChI is InChI=1S/C44H62O14/c1-22(45)29-16-19-44-42(29,6)38(54-25(4)46)36(56-39(49)26-12-10-9-11-13-26)37-41(5)17-15-28(20-27(41)14-18-43(37,44)58-44)55-31-21-30(50-7)34(24(3)52-31)57-40-33(48)35(51-8)32(47)23(2)53-40/h9-13,23-24,27-38,40,47-48H,14-21H2,1-8H3/t23-,24-,27+,28+,29-,30-,31+,32-,33-,34-,35-,36+,37-,38-,40-,41+,42+,43+,44-/m1/s1.